The van der Waals surface area contributed by atoms with E-state index in [1.165, 1.54) is 5.56 Å². The average molecular weight is 321 g/mol. The van der Waals surface area contributed by atoms with E-state index in [0.29, 0.717) is 18.9 Å². The number of anilines is 1. The molecule has 0 spiro atoms. The number of rotatable bonds is 5. The zero-order valence-electron chi connectivity index (χ0n) is 13.4. The van der Waals surface area contributed by atoms with E-state index in [-0.39, 0.29) is 6.03 Å². The summed E-state index contributed by atoms with van der Waals surface area (Å²) in [5, 5.41) is 9.83. The van der Waals surface area contributed by atoms with Gasteiger partial charge in [-0.15, -0.1) is 0 Å². The second-order valence-electron chi connectivity index (χ2n) is 5.50. The van der Waals surface area contributed by atoms with Gasteiger partial charge in [-0.25, -0.2) is 9.78 Å². The van der Waals surface area contributed by atoms with Gasteiger partial charge in [-0.1, -0.05) is 36.4 Å². The molecule has 0 atom stereocenters. The first kappa shape index (κ1) is 15.7. The molecule has 2 heterocycles. The quantitative estimate of drug-likeness (QED) is 0.759. The molecule has 6 nitrogen and oxygen atoms in total. The van der Waals surface area contributed by atoms with Crippen LogP contribution in [0.3, 0.4) is 0 Å². The molecule has 2 aromatic heterocycles. The van der Waals surface area contributed by atoms with E-state index in [2.05, 4.69) is 32.8 Å². The Balaban J connectivity index is 1.51. The van der Waals surface area contributed by atoms with Gasteiger partial charge in [0.05, 0.1) is 12.7 Å². The van der Waals surface area contributed by atoms with Crippen molar-refractivity contribution in [2.45, 2.75) is 20.0 Å². The maximum absolute atomic E-state index is 11.9. The predicted octanol–water partition coefficient (Wildman–Crippen LogP) is 2.96. The first-order chi connectivity index (χ1) is 11.7. The van der Waals surface area contributed by atoms with Crippen molar-refractivity contribution in [1.82, 2.24) is 20.1 Å². The lowest BCUT2D eigenvalue weighted by Crippen LogP contribution is -2.28. The Morgan fingerprint density at radius 3 is 2.71 bits per heavy atom. The van der Waals surface area contributed by atoms with Gasteiger partial charge in [0.1, 0.15) is 5.82 Å². The number of carbonyl (C=O) groups excluding carboxylic acids is 1. The first-order valence-electron chi connectivity index (χ1n) is 7.73. The highest BCUT2D eigenvalue weighted by Gasteiger charge is 2.04. The summed E-state index contributed by atoms with van der Waals surface area (Å²) in [5.41, 5.74) is 2.98. The van der Waals surface area contributed by atoms with Gasteiger partial charge in [-0.3, -0.25) is 10.00 Å². The SMILES string of the molecule is Cc1cccc(NC(=O)NCc2cnn(Cc3ccccc3)c2)n1. The number of carbonyl (C=O) groups is 1. The van der Waals surface area contributed by atoms with Crippen molar-refractivity contribution < 1.29 is 4.79 Å². The molecular weight excluding hydrogens is 302 g/mol. The molecule has 1 aromatic carbocycles. The molecule has 0 radical (unpaired) electrons. The van der Waals surface area contributed by atoms with Crippen LogP contribution in [0.5, 0.6) is 0 Å². The largest absolute Gasteiger partial charge is 0.334 e. The van der Waals surface area contributed by atoms with Crippen LogP contribution >= 0.6 is 0 Å². The Kier molecular flexibility index (Phi) is 4.86. The van der Waals surface area contributed by atoms with Crippen LogP contribution in [0, 0.1) is 6.92 Å². The lowest BCUT2D eigenvalue weighted by atomic mass is 10.2. The van der Waals surface area contributed by atoms with Crippen LogP contribution < -0.4 is 10.6 Å². The Hall–Kier alpha value is -3.15. The fraction of sp³-hybridized carbons (Fsp3) is 0.167. The Morgan fingerprint density at radius 2 is 1.92 bits per heavy atom. The van der Waals surface area contributed by atoms with Gasteiger partial charge in [0, 0.05) is 24.0 Å². The molecule has 0 aliphatic heterocycles. The third kappa shape index (κ3) is 4.42. The number of aromatic nitrogens is 3. The average Bonchev–Trinajstić information content (AvgIpc) is 3.01. The van der Waals surface area contributed by atoms with Crippen molar-refractivity contribution in [1.29, 1.82) is 0 Å². The Bertz CT molecular complexity index is 813. The molecule has 0 saturated heterocycles. The molecule has 0 aliphatic carbocycles. The summed E-state index contributed by atoms with van der Waals surface area (Å²) in [6.07, 6.45) is 3.69. The Labute approximate surface area is 140 Å². The van der Waals surface area contributed by atoms with E-state index < -0.39 is 0 Å². The van der Waals surface area contributed by atoms with E-state index >= 15 is 0 Å². The van der Waals surface area contributed by atoms with Gasteiger partial charge in [0.25, 0.3) is 0 Å². The van der Waals surface area contributed by atoms with Crippen LogP contribution in [0.4, 0.5) is 10.6 Å². The van der Waals surface area contributed by atoms with Crippen molar-refractivity contribution in [2.24, 2.45) is 0 Å². The summed E-state index contributed by atoms with van der Waals surface area (Å²) in [4.78, 5) is 16.1. The summed E-state index contributed by atoms with van der Waals surface area (Å²) in [6, 6.07) is 15.3. The monoisotopic (exact) mass is 321 g/mol. The van der Waals surface area contributed by atoms with Gasteiger partial charge in [-0.2, -0.15) is 5.10 Å². The molecule has 2 N–H and O–H groups in total. The predicted molar refractivity (Wildman–Crippen MR) is 92.6 cm³/mol. The minimum absolute atomic E-state index is 0.288. The molecule has 2 amide bonds. The third-order valence-corrected chi connectivity index (χ3v) is 3.46. The zero-order valence-corrected chi connectivity index (χ0v) is 13.4. The highest BCUT2D eigenvalue weighted by atomic mass is 16.2. The highest BCUT2D eigenvalue weighted by Crippen LogP contribution is 2.05. The second-order valence-corrected chi connectivity index (χ2v) is 5.50. The fourth-order valence-electron chi connectivity index (χ4n) is 2.31. The van der Waals surface area contributed by atoms with Crippen LogP contribution in [0.2, 0.25) is 0 Å². The van der Waals surface area contributed by atoms with Crippen LogP contribution in [0.25, 0.3) is 0 Å². The number of urea groups is 1. The summed E-state index contributed by atoms with van der Waals surface area (Å²) >= 11 is 0. The smallest absolute Gasteiger partial charge is 0.320 e. The maximum atomic E-state index is 11.9. The highest BCUT2D eigenvalue weighted by molar-refractivity contribution is 5.88. The molecule has 0 fully saturated rings. The third-order valence-electron chi connectivity index (χ3n) is 3.46. The van der Waals surface area contributed by atoms with Crippen molar-refractivity contribution >= 4 is 11.8 Å². The van der Waals surface area contributed by atoms with Gasteiger partial charge >= 0.3 is 6.03 Å². The van der Waals surface area contributed by atoms with Crippen molar-refractivity contribution in [3.63, 3.8) is 0 Å². The normalized spacial score (nSPS) is 10.4. The number of aryl methyl sites for hydroxylation is 1. The van der Waals surface area contributed by atoms with Gasteiger partial charge in [0.15, 0.2) is 0 Å². The van der Waals surface area contributed by atoms with Crippen LogP contribution in [-0.4, -0.2) is 20.8 Å². The molecule has 0 unspecified atom stereocenters. The minimum atomic E-state index is -0.288. The summed E-state index contributed by atoms with van der Waals surface area (Å²) < 4.78 is 1.85. The van der Waals surface area contributed by atoms with Crippen LogP contribution in [0.1, 0.15) is 16.8 Å². The van der Waals surface area contributed by atoms with E-state index in [9.17, 15) is 4.79 Å². The molecular formula is C18H19N5O. The van der Waals surface area contributed by atoms with E-state index in [1.807, 2.05) is 48.1 Å². The maximum Gasteiger partial charge on any atom is 0.320 e. The number of benzene rings is 1. The van der Waals surface area contributed by atoms with Gasteiger partial charge < -0.3 is 5.32 Å². The number of hydrogen-bond acceptors (Lipinski definition) is 3. The van der Waals surface area contributed by atoms with Crippen molar-refractivity contribution in [3.05, 3.63) is 77.7 Å². The fourth-order valence-corrected chi connectivity index (χ4v) is 2.31. The van der Waals surface area contributed by atoms with E-state index in [4.69, 9.17) is 0 Å². The summed E-state index contributed by atoms with van der Waals surface area (Å²) in [6.45, 7) is 3.00. The standard InChI is InChI=1S/C18H19N5O/c1-14-6-5-9-17(21-14)22-18(24)19-10-16-11-20-23(13-16)12-15-7-3-2-4-8-15/h2-9,11,13H,10,12H2,1H3,(H2,19,21,22,24). The van der Waals surface area contributed by atoms with Gasteiger partial charge in [0.2, 0.25) is 0 Å². The lowest BCUT2D eigenvalue weighted by molar-refractivity contribution is 0.251. The van der Waals surface area contributed by atoms with Crippen molar-refractivity contribution in [3.8, 4) is 0 Å². The van der Waals surface area contributed by atoms with E-state index in [1.54, 1.807) is 12.3 Å². The molecule has 122 valence electrons. The number of pyridine rings is 1. The summed E-state index contributed by atoms with van der Waals surface area (Å²) in [7, 11) is 0. The molecule has 24 heavy (non-hydrogen) atoms. The second kappa shape index (κ2) is 7.41. The van der Waals surface area contributed by atoms with Gasteiger partial charge in [-0.05, 0) is 24.6 Å². The number of hydrogen-bond donors (Lipinski definition) is 2. The molecule has 0 bridgehead atoms. The van der Waals surface area contributed by atoms with Crippen molar-refractivity contribution in [2.75, 3.05) is 5.32 Å². The Morgan fingerprint density at radius 1 is 1.08 bits per heavy atom. The lowest BCUT2D eigenvalue weighted by Gasteiger charge is -2.06. The molecule has 3 aromatic rings. The molecule has 0 aliphatic rings. The summed E-state index contributed by atoms with van der Waals surface area (Å²) in [5.74, 6) is 0.535. The number of amides is 2. The minimum Gasteiger partial charge on any atom is -0.334 e. The molecule has 3 rings (SSSR count). The first-order valence-corrected chi connectivity index (χ1v) is 7.73. The topological polar surface area (TPSA) is 71.8 Å². The van der Waals surface area contributed by atoms with Crippen LogP contribution in [-0.2, 0) is 13.1 Å². The molecule has 6 heteroatoms. The zero-order chi connectivity index (χ0) is 16.8. The van der Waals surface area contributed by atoms with Crippen LogP contribution in [0.15, 0.2) is 60.9 Å². The molecule has 0 saturated carbocycles. The number of nitrogens with one attached hydrogen (secondary N) is 2. The number of nitrogens with zero attached hydrogens (tertiary/aromatic N) is 3. The van der Waals surface area contributed by atoms with E-state index in [0.717, 1.165) is 11.3 Å².